The molecule has 0 bridgehead atoms. The first-order valence-electron chi connectivity index (χ1n) is 9.32. The lowest BCUT2D eigenvalue weighted by Crippen LogP contribution is -2.35. The Balaban J connectivity index is 1.38. The van der Waals surface area contributed by atoms with Crippen molar-refractivity contribution in [1.29, 1.82) is 5.41 Å². The minimum atomic E-state index is -0.490. The second kappa shape index (κ2) is 8.01. The Morgan fingerprint density at radius 3 is 2.77 bits per heavy atom. The van der Waals surface area contributed by atoms with Gasteiger partial charge in [0.15, 0.2) is 10.9 Å². The topological polar surface area (TPSA) is 94.9 Å². The van der Waals surface area contributed by atoms with Gasteiger partial charge < -0.3 is 4.42 Å². The summed E-state index contributed by atoms with van der Waals surface area (Å²) in [6.07, 6.45) is 4.89. The molecule has 2 aliphatic heterocycles. The molecule has 0 radical (unpaired) electrons. The molecule has 0 atom stereocenters. The molecule has 0 saturated carbocycles. The van der Waals surface area contributed by atoms with Crippen molar-refractivity contribution >= 4 is 51.6 Å². The molecule has 1 amide bonds. The Morgan fingerprint density at radius 2 is 2.00 bits per heavy atom. The van der Waals surface area contributed by atoms with E-state index in [9.17, 15) is 4.79 Å². The number of furan rings is 1. The van der Waals surface area contributed by atoms with Gasteiger partial charge in [-0.15, -0.1) is 0 Å². The van der Waals surface area contributed by atoms with E-state index in [2.05, 4.69) is 15.1 Å². The summed E-state index contributed by atoms with van der Waals surface area (Å²) in [7, 11) is 0. The molecule has 152 valence electrons. The van der Waals surface area contributed by atoms with Crippen LogP contribution in [0.15, 0.2) is 91.0 Å². The van der Waals surface area contributed by atoms with Crippen LogP contribution in [0.3, 0.4) is 0 Å². The van der Waals surface area contributed by atoms with Crippen molar-refractivity contribution in [3.8, 4) is 0 Å². The average Bonchev–Trinajstić information content (AvgIpc) is 3.40. The van der Waals surface area contributed by atoms with Crippen molar-refractivity contribution in [1.82, 2.24) is 9.99 Å². The molecule has 9 heteroatoms. The molecule has 3 aromatic rings. The Hall–Kier alpha value is -3.43. The summed E-state index contributed by atoms with van der Waals surface area (Å²) < 4.78 is 5.84. The number of hydrogen-bond acceptors (Lipinski definition) is 7. The number of amidine groups is 2. The average molecular weight is 446 g/mol. The summed E-state index contributed by atoms with van der Waals surface area (Å²) in [6, 6.07) is 15.4. The number of aliphatic imine (C=N–C) groups is 1. The van der Waals surface area contributed by atoms with Crippen molar-refractivity contribution in [3.05, 3.63) is 83.4 Å². The van der Waals surface area contributed by atoms with Gasteiger partial charge in [-0.3, -0.25) is 15.2 Å². The van der Waals surface area contributed by atoms with E-state index in [0.29, 0.717) is 21.1 Å². The number of hydrogen-bond donors (Lipinski definition) is 1. The Morgan fingerprint density at radius 1 is 1.16 bits per heavy atom. The van der Waals surface area contributed by atoms with Crippen molar-refractivity contribution in [3.63, 3.8) is 0 Å². The molecule has 31 heavy (non-hydrogen) atoms. The molecule has 0 unspecified atom stereocenters. The predicted octanol–water partition coefficient (Wildman–Crippen LogP) is 4.80. The number of benzene rings is 1. The lowest BCUT2D eigenvalue weighted by molar-refractivity contribution is -0.114. The molecule has 2 aromatic heterocycles. The quantitative estimate of drug-likeness (QED) is 0.580. The third kappa shape index (κ3) is 3.97. The zero-order valence-electron chi connectivity index (χ0n) is 16.3. The summed E-state index contributed by atoms with van der Waals surface area (Å²) >= 11 is 2.73. The van der Waals surface area contributed by atoms with Crippen molar-refractivity contribution in [2.24, 2.45) is 10.1 Å². The molecule has 5 rings (SSSR count). The van der Waals surface area contributed by atoms with E-state index >= 15 is 0 Å². The zero-order valence-corrected chi connectivity index (χ0v) is 17.9. The van der Waals surface area contributed by atoms with E-state index in [1.807, 2.05) is 49.4 Å². The minimum absolute atomic E-state index is 0.0365. The molecular formula is C22H15N5O2S2. The Kier molecular flexibility index (Phi) is 5.05. The molecule has 4 heterocycles. The standard InChI is InChI=1S/C22H15N5O2S2/c1-13-4-7-16(8-5-13)30-18-9-6-15(29-18)11-17-19(23)27-22(25-20(17)28)31-21(26-27)14-3-2-10-24-12-14/h2-12,23H,1H3. The van der Waals surface area contributed by atoms with Crippen LogP contribution in [0.1, 0.15) is 16.9 Å². The van der Waals surface area contributed by atoms with Gasteiger partial charge in [0.2, 0.25) is 5.17 Å². The van der Waals surface area contributed by atoms with Crippen molar-refractivity contribution < 1.29 is 9.21 Å². The monoisotopic (exact) mass is 445 g/mol. The molecule has 7 nitrogen and oxygen atoms in total. The summed E-state index contributed by atoms with van der Waals surface area (Å²) in [5.74, 6) is -0.0503. The Labute approximate surface area is 186 Å². The highest BCUT2D eigenvalue weighted by molar-refractivity contribution is 8.27. The van der Waals surface area contributed by atoms with Gasteiger partial charge in [0.05, 0.1) is 5.57 Å². The number of thioether (sulfide) groups is 1. The molecule has 0 saturated heterocycles. The van der Waals surface area contributed by atoms with Crippen LogP contribution in [0.5, 0.6) is 0 Å². The minimum Gasteiger partial charge on any atom is -0.450 e. The number of carbonyl (C=O) groups excluding carboxylic acids is 1. The number of nitrogens with one attached hydrogen (secondary N) is 1. The van der Waals surface area contributed by atoms with Gasteiger partial charge in [-0.05, 0) is 61.2 Å². The largest absolute Gasteiger partial charge is 0.450 e. The van der Waals surface area contributed by atoms with E-state index in [0.717, 1.165) is 10.5 Å². The van der Waals surface area contributed by atoms with Crippen molar-refractivity contribution in [2.75, 3.05) is 0 Å². The zero-order chi connectivity index (χ0) is 21.4. The number of hydrazone groups is 1. The van der Waals surface area contributed by atoms with Gasteiger partial charge in [-0.2, -0.15) is 15.1 Å². The lowest BCUT2D eigenvalue weighted by Gasteiger charge is -2.19. The molecule has 2 aliphatic rings. The highest BCUT2D eigenvalue weighted by atomic mass is 32.2. The fourth-order valence-electron chi connectivity index (χ4n) is 2.93. The van der Waals surface area contributed by atoms with Crippen LogP contribution >= 0.6 is 23.5 Å². The summed E-state index contributed by atoms with van der Waals surface area (Å²) in [5, 5.41) is 16.0. The van der Waals surface area contributed by atoms with Crippen molar-refractivity contribution in [2.45, 2.75) is 16.9 Å². The Bertz CT molecular complexity index is 1280. The van der Waals surface area contributed by atoms with Gasteiger partial charge in [0, 0.05) is 22.9 Å². The van der Waals surface area contributed by atoms with Gasteiger partial charge in [0.25, 0.3) is 5.91 Å². The van der Waals surface area contributed by atoms with Gasteiger partial charge in [-0.1, -0.05) is 29.5 Å². The normalized spacial score (nSPS) is 17.1. The molecular weight excluding hydrogens is 430 g/mol. The maximum Gasteiger partial charge on any atom is 0.283 e. The summed E-state index contributed by atoms with van der Waals surface area (Å²) in [4.78, 5) is 21.8. The first-order valence-corrected chi connectivity index (χ1v) is 10.9. The second-order valence-electron chi connectivity index (χ2n) is 6.74. The van der Waals surface area contributed by atoms with Crippen LogP contribution in [-0.2, 0) is 4.79 Å². The van der Waals surface area contributed by atoms with E-state index in [-0.39, 0.29) is 11.4 Å². The fraction of sp³-hybridized carbons (Fsp3) is 0.0455. The number of amides is 1. The van der Waals surface area contributed by atoms with Gasteiger partial charge in [0.1, 0.15) is 10.8 Å². The van der Waals surface area contributed by atoms with Crippen LogP contribution in [-0.4, -0.2) is 31.9 Å². The van der Waals surface area contributed by atoms with E-state index < -0.39 is 5.91 Å². The number of fused-ring (bicyclic) bond motifs is 1. The van der Waals surface area contributed by atoms with E-state index in [1.54, 1.807) is 18.5 Å². The first-order chi connectivity index (χ1) is 15.1. The lowest BCUT2D eigenvalue weighted by atomic mass is 10.1. The third-order valence-electron chi connectivity index (χ3n) is 4.49. The summed E-state index contributed by atoms with van der Waals surface area (Å²) in [6.45, 7) is 2.04. The third-order valence-corrected chi connectivity index (χ3v) is 6.38. The predicted molar refractivity (Wildman–Crippen MR) is 122 cm³/mol. The van der Waals surface area contributed by atoms with E-state index in [4.69, 9.17) is 9.83 Å². The number of pyridine rings is 1. The summed E-state index contributed by atoms with van der Waals surface area (Å²) in [5.41, 5.74) is 2.12. The molecule has 1 N–H and O–H groups in total. The van der Waals surface area contributed by atoms with E-state index in [1.165, 1.54) is 40.2 Å². The maximum absolute atomic E-state index is 12.6. The number of carbonyl (C=O) groups is 1. The molecule has 0 fully saturated rings. The second-order valence-corrected chi connectivity index (χ2v) is 8.77. The van der Waals surface area contributed by atoms with Crippen LogP contribution in [0.4, 0.5) is 0 Å². The SMILES string of the molecule is Cc1ccc(Sc2ccc(C=C3C(=N)N4N=C(c5cccnc5)SC4=NC3=O)o2)cc1. The van der Waals surface area contributed by atoms with Crippen LogP contribution < -0.4 is 0 Å². The van der Waals surface area contributed by atoms with Crippen LogP contribution in [0, 0.1) is 12.3 Å². The number of nitrogens with zero attached hydrogens (tertiary/aromatic N) is 4. The molecule has 0 aliphatic carbocycles. The first kappa shape index (κ1) is 19.5. The molecule has 1 aromatic carbocycles. The number of aromatic nitrogens is 1. The van der Waals surface area contributed by atoms with Gasteiger partial charge in [-0.25, -0.2) is 0 Å². The van der Waals surface area contributed by atoms with Crippen LogP contribution in [0.2, 0.25) is 0 Å². The maximum atomic E-state index is 12.6. The number of aryl methyl sites for hydroxylation is 1. The fourth-order valence-corrected chi connectivity index (χ4v) is 4.59. The van der Waals surface area contributed by atoms with Gasteiger partial charge >= 0.3 is 0 Å². The highest BCUT2D eigenvalue weighted by Gasteiger charge is 2.36. The number of rotatable bonds is 4. The van der Waals surface area contributed by atoms with Crippen LogP contribution in [0.25, 0.3) is 6.08 Å². The highest BCUT2D eigenvalue weighted by Crippen LogP contribution is 2.32. The smallest absolute Gasteiger partial charge is 0.283 e. The molecule has 0 spiro atoms.